The van der Waals surface area contributed by atoms with Gasteiger partial charge in [0.1, 0.15) is 5.82 Å². The number of imidazole rings is 1. The minimum Gasteiger partial charge on any atom is -0.384 e. The molecule has 1 amide bonds. The van der Waals surface area contributed by atoms with Crippen LogP contribution in [0.15, 0.2) is 30.5 Å². The molecule has 1 aromatic heterocycles. The van der Waals surface area contributed by atoms with E-state index in [9.17, 15) is 4.79 Å². The molecule has 2 aromatic rings. The van der Waals surface area contributed by atoms with Crippen molar-refractivity contribution in [3.05, 3.63) is 53.1 Å². The number of aromatic nitrogens is 2. The summed E-state index contributed by atoms with van der Waals surface area (Å²) in [7, 11) is 1.71. The summed E-state index contributed by atoms with van der Waals surface area (Å²) in [5, 5.41) is 0. The van der Waals surface area contributed by atoms with Gasteiger partial charge in [-0.2, -0.15) is 0 Å². The van der Waals surface area contributed by atoms with Gasteiger partial charge in [0.2, 0.25) is 5.91 Å². The molecule has 0 unspecified atom stereocenters. The third-order valence-corrected chi connectivity index (χ3v) is 5.13. The van der Waals surface area contributed by atoms with Crippen molar-refractivity contribution in [3.63, 3.8) is 0 Å². The lowest BCUT2D eigenvalue weighted by atomic mass is 10.0. The van der Waals surface area contributed by atoms with Crippen LogP contribution in [-0.2, 0) is 28.9 Å². The highest BCUT2D eigenvalue weighted by Crippen LogP contribution is 2.26. The zero-order chi connectivity index (χ0) is 17.8. The predicted octanol–water partition coefficient (Wildman–Crippen LogP) is 2.92. The molecular weight excluding hydrogens is 314 g/mol. The van der Waals surface area contributed by atoms with Gasteiger partial charge in [-0.05, 0) is 31.4 Å². The number of hydrogen-bond donors (Lipinski definition) is 0. The van der Waals surface area contributed by atoms with Gasteiger partial charge in [-0.25, -0.2) is 4.98 Å². The molecule has 134 valence electrons. The maximum Gasteiger partial charge on any atom is 0.223 e. The topological polar surface area (TPSA) is 47.4 Å². The highest BCUT2D eigenvalue weighted by atomic mass is 16.5. The highest BCUT2D eigenvalue weighted by Gasteiger charge is 2.29. The fourth-order valence-corrected chi connectivity index (χ4v) is 3.58. The Morgan fingerprint density at radius 2 is 2.08 bits per heavy atom. The summed E-state index contributed by atoms with van der Waals surface area (Å²) in [6.45, 7) is 6.43. The number of carbonyl (C=O) groups excluding carboxylic acids is 1. The number of methoxy groups -OCH3 is 1. The maximum absolute atomic E-state index is 12.8. The molecule has 0 N–H and O–H groups in total. The summed E-state index contributed by atoms with van der Waals surface area (Å²) in [4.78, 5) is 19.3. The summed E-state index contributed by atoms with van der Waals surface area (Å²) in [6, 6.07) is 8.30. The van der Waals surface area contributed by atoms with Crippen molar-refractivity contribution in [1.82, 2.24) is 14.5 Å². The van der Waals surface area contributed by atoms with Gasteiger partial charge in [-0.3, -0.25) is 4.79 Å². The second kappa shape index (κ2) is 7.83. The van der Waals surface area contributed by atoms with Crippen LogP contribution in [0.3, 0.4) is 0 Å². The van der Waals surface area contributed by atoms with Crippen molar-refractivity contribution in [2.24, 2.45) is 0 Å². The number of rotatable bonds is 6. The normalized spacial score (nSPS) is 16.8. The molecule has 0 radical (unpaired) electrons. The Morgan fingerprint density at radius 3 is 2.84 bits per heavy atom. The number of fused-ring (bicyclic) bond motifs is 1. The van der Waals surface area contributed by atoms with E-state index in [4.69, 9.17) is 4.74 Å². The average molecular weight is 341 g/mol. The summed E-state index contributed by atoms with van der Waals surface area (Å²) < 4.78 is 7.42. The van der Waals surface area contributed by atoms with E-state index in [0.717, 1.165) is 31.8 Å². The van der Waals surface area contributed by atoms with Crippen molar-refractivity contribution in [2.75, 3.05) is 20.3 Å². The largest absolute Gasteiger partial charge is 0.384 e. The van der Waals surface area contributed by atoms with Crippen molar-refractivity contribution in [2.45, 2.75) is 45.7 Å². The van der Waals surface area contributed by atoms with Crippen LogP contribution >= 0.6 is 0 Å². The molecule has 0 spiro atoms. The van der Waals surface area contributed by atoms with Crippen molar-refractivity contribution in [1.29, 1.82) is 0 Å². The quantitative estimate of drug-likeness (QED) is 0.812. The molecule has 0 fully saturated rings. The fraction of sp³-hybridized carbons (Fsp3) is 0.500. The first-order valence-electron chi connectivity index (χ1n) is 8.99. The smallest absolute Gasteiger partial charge is 0.223 e. The number of ether oxygens (including phenoxy) is 1. The van der Waals surface area contributed by atoms with E-state index in [1.54, 1.807) is 7.11 Å². The van der Waals surface area contributed by atoms with Crippen molar-refractivity contribution >= 4 is 5.91 Å². The standard InChI is InChI=1S/C20H27N3O2/c1-15-6-4-5-7-17(15)8-9-19(24)22-11-12-23-18(10-13-25-3)14-21-20(23)16(22)2/h4-7,14,16H,8-13H2,1-3H3/t16-/m0/s1. The Balaban J connectivity index is 1.65. The Hall–Kier alpha value is -2.14. The molecule has 0 saturated carbocycles. The predicted molar refractivity (Wildman–Crippen MR) is 97.4 cm³/mol. The first-order valence-corrected chi connectivity index (χ1v) is 8.99. The molecule has 2 heterocycles. The summed E-state index contributed by atoms with van der Waals surface area (Å²) in [5.41, 5.74) is 3.69. The van der Waals surface area contributed by atoms with E-state index in [1.165, 1.54) is 16.8 Å². The summed E-state index contributed by atoms with van der Waals surface area (Å²) in [5.74, 6) is 1.20. The SMILES string of the molecule is COCCc1cnc2n1CCN(C(=O)CCc1ccccc1C)[C@H]2C. The lowest BCUT2D eigenvalue weighted by Gasteiger charge is -2.34. The third-order valence-electron chi connectivity index (χ3n) is 5.13. The van der Waals surface area contributed by atoms with Crippen LogP contribution in [0.5, 0.6) is 0 Å². The average Bonchev–Trinajstić information content (AvgIpc) is 3.03. The van der Waals surface area contributed by atoms with Gasteiger partial charge in [0.05, 0.1) is 12.6 Å². The van der Waals surface area contributed by atoms with Crippen LogP contribution in [0.2, 0.25) is 0 Å². The van der Waals surface area contributed by atoms with Gasteiger partial charge in [0.15, 0.2) is 0 Å². The molecule has 5 heteroatoms. The van der Waals surface area contributed by atoms with Crippen molar-refractivity contribution in [3.8, 4) is 0 Å². The maximum atomic E-state index is 12.8. The monoisotopic (exact) mass is 341 g/mol. The van der Waals surface area contributed by atoms with Crippen LogP contribution in [-0.4, -0.2) is 40.6 Å². The molecule has 0 aliphatic carbocycles. The molecular formula is C20H27N3O2. The third kappa shape index (κ3) is 3.76. The first-order chi connectivity index (χ1) is 12.1. The van der Waals surface area contributed by atoms with Gasteiger partial charge < -0.3 is 14.2 Å². The van der Waals surface area contributed by atoms with Gasteiger partial charge in [-0.1, -0.05) is 24.3 Å². The van der Waals surface area contributed by atoms with Crippen LogP contribution in [0.1, 0.15) is 42.0 Å². The van der Waals surface area contributed by atoms with Gasteiger partial charge in [-0.15, -0.1) is 0 Å². The number of amides is 1. The van der Waals surface area contributed by atoms with E-state index in [0.29, 0.717) is 13.0 Å². The lowest BCUT2D eigenvalue weighted by molar-refractivity contribution is -0.134. The number of carbonyl (C=O) groups is 1. The second-order valence-electron chi connectivity index (χ2n) is 6.69. The Labute approximate surface area is 149 Å². The molecule has 25 heavy (non-hydrogen) atoms. The summed E-state index contributed by atoms with van der Waals surface area (Å²) >= 11 is 0. The lowest BCUT2D eigenvalue weighted by Crippen LogP contribution is -2.41. The zero-order valence-corrected chi connectivity index (χ0v) is 15.4. The Morgan fingerprint density at radius 1 is 1.28 bits per heavy atom. The van der Waals surface area contributed by atoms with E-state index in [2.05, 4.69) is 35.5 Å². The van der Waals surface area contributed by atoms with Gasteiger partial charge >= 0.3 is 0 Å². The number of nitrogens with zero attached hydrogens (tertiary/aromatic N) is 3. The van der Waals surface area contributed by atoms with Gasteiger partial charge in [0, 0.05) is 44.9 Å². The van der Waals surface area contributed by atoms with Crippen LogP contribution in [0.25, 0.3) is 0 Å². The number of aryl methyl sites for hydroxylation is 2. The highest BCUT2D eigenvalue weighted by molar-refractivity contribution is 5.77. The van der Waals surface area contributed by atoms with Crippen molar-refractivity contribution < 1.29 is 9.53 Å². The van der Waals surface area contributed by atoms with Gasteiger partial charge in [0.25, 0.3) is 0 Å². The first kappa shape index (κ1) is 17.7. The van der Waals surface area contributed by atoms with E-state index in [-0.39, 0.29) is 11.9 Å². The molecule has 0 saturated heterocycles. The van der Waals surface area contributed by atoms with E-state index in [1.807, 2.05) is 23.2 Å². The molecule has 5 nitrogen and oxygen atoms in total. The number of benzene rings is 1. The van der Waals surface area contributed by atoms with Crippen LogP contribution in [0, 0.1) is 6.92 Å². The van der Waals surface area contributed by atoms with Crippen LogP contribution in [0.4, 0.5) is 0 Å². The molecule has 1 aliphatic rings. The Bertz CT molecular complexity index is 738. The molecule has 3 rings (SSSR count). The Kier molecular flexibility index (Phi) is 5.53. The van der Waals surface area contributed by atoms with Crippen LogP contribution < -0.4 is 0 Å². The zero-order valence-electron chi connectivity index (χ0n) is 15.4. The molecule has 1 atom stereocenters. The second-order valence-corrected chi connectivity index (χ2v) is 6.69. The molecule has 1 aromatic carbocycles. The van der Waals surface area contributed by atoms with E-state index < -0.39 is 0 Å². The molecule has 1 aliphatic heterocycles. The number of hydrogen-bond acceptors (Lipinski definition) is 3. The summed E-state index contributed by atoms with van der Waals surface area (Å²) in [6.07, 6.45) is 4.12. The fourth-order valence-electron chi connectivity index (χ4n) is 3.58. The van der Waals surface area contributed by atoms with E-state index >= 15 is 0 Å². The molecule has 0 bridgehead atoms. The minimum absolute atomic E-state index is 0.0226. The minimum atomic E-state index is 0.0226.